The van der Waals surface area contributed by atoms with Crippen molar-refractivity contribution in [2.24, 2.45) is 0 Å². The maximum Gasteiger partial charge on any atom is 0.357 e. The minimum absolute atomic E-state index is 0.0426. The highest BCUT2D eigenvalue weighted by molar-refractivity contribution is 7.14. The van der Waals surface area contributed by atoms with Crippen LogP contribution in [0.2, 0.25) is 0 Å². The van der Waals surface area contributed by atoms with Crippen molar-refractivity contribution in [3.8, 4) is 0 Å². The summed E-state index contributed by atoms with van der Waals surface area (Å²) in [4.78, 5) is 14.7. The highest BCUT2D eigenvalue weighted by Gasteiger charge is 2.13. The number of ether oxygens (including phenoxy) is 1. The lowest BCUT2D eigenvalue weighted by Gasteiger charge is -2.05. The van der Waals surface area contributed by atoms with Crippen LogP contribution in [0.1, 0.15) is 16.1 Å². The number of rotatable bonds is 5. The second kappa shape index (κ2) is 5.61. The summed E-state index contributed by atoms with van der Waals surface area (Å²) in [6.07, 6.45) is 0. The Bertz CT molecular complexity index is 537. The molecule has 0 unspecified atom stereocenters. The molecule has 94 valence electrons. The van der Waals surface area contributed by atoms with Crippen molar-refractivity contribution in [1.29, 1.82) is 0 Å². The van der Waals surface area contributed by atoms with Crippen LogP contribution >= 0.6 is 11.3 Å². The van der Waals surface area contributed by atoms with Gasteiger partial charge in [-0.2, -0.15) is 0 Å². The third-order valence-corrected chi connectivity index (χ3v) is 3.03. The second-order valence-corrected chi connectivity index (χ2v) is 4.44. The smallest absolute Gasteiger partial charge is 0.357 e. The monoisotopic (exact) mass is 264 g/mol. The lowest BCUT2D eigenvalue weighted by molar-refractivity contribution is 0.0692. The van der Waals surface area contributed by atoms with Crippen LogP contribution in [0.15, 0.2) is 29.8 Å². The second-order valence-electron chi connectivity index (χ2n) is 3.59. The molecular weight excluding hydrogens is 252 g/mol. The summed E-state index contributed by atoms with van der Waals surface area (Å²) in [7, 11) is 1.64. The summed E-state index contributed by atoms with van der Waals surface area (Å²) >= 11 is 1.26. The molecule has 2 aromatic rings. The number of benzene rings is 1. The van der Waals surface area contributed by atoms with Gasteiger partial charge in [-0.3, -0.25) is 0 Å². The zero-order valence-electron chi connectivity index (χ0n) is 9.71. The quantitative estimate of drug-likeness (QED) is 0.868. The molecule has 2 N–H and O–H groups in total. The molecule has 0 radical (unpaired) electrons. The third kappa shape index (κ3) is 2.85. The minimum atomic E-state index is -1.03. The molecule has 1 aromatic heterocycles. The topological polar surface area (TPSA) is 71.5 Å². The van der Waals surface area contributed by atoms with E-state index in [1.165, 1.54) is 16.8 Å². The van der Waals surface area contributed by atoms with Gasteiger partial charge in [0, 0.05) is 12.8 Å². The summed E-state index contributed by atoms with van der Waals surface area (Å²) in [5, 5.41) is 12.5. The molecule has 0 atom stereocenters. The van der Waals surface area contributed by atoms with Crippen LogP contribution < -0.4 is 5.32 Å². The number of methoxy groups -OCH3 is 1. The number of nitrogens with one attached hydrogen (secondary N) is 1. The first-order valence-corrected chi connectivity index (χ1v) is 6.10. The standard InChI is InChI=1S/C12H12N2O3S/c1-17-6-8-2-4-9(5-3-8)14-11-10(12(15)16)13-7-18-11/h2-5,7,14H,6H2,1H3,(H,15,16). The summed E-state index contributed by atoms with van der Waals surface area (Å²) in [6, 6.07) is 7.60. The Hall–Kier alpha value is -1.92. The van der Waals surface area contributed by atoms with Crippen molar-refractivity contribution < 1.29 is 14.6 Å². The average molecular weight is 264 g/mol. The van der Waals surface area contributed by atoms with E-state index in [0.29, 0.717) is 11.6 Å². The molecule has 0 spiro atoms. The van der Waals surface area contributed by atoms with Crippen LogP contribution in [0.4, 0.5) is 10.7 Å². The van der Waals surface area contributed by atoms with E-state index in [1.807, 2.05) is 24.3 Å². The Kier molecular flexibility index (Phi) is 3.91. The van der Waals surface area contributed by atoms with Gasteiger partial charge in [0.1, 0.15) is 5.00 Å². The van der Waals surface area contributed by atoms with Crippen molar-refractivity contribution >= 4 is 28.0 Å². The zero-order valence-corrected chi connectivity index (χ0v) is 10.5. The number of carboxylic acid groups (broad SMARTS) is 1. The number of aromatic nitrogens is 1. The number of carboxylic acids is 1. The van der Waals surface area contributed by atoms with Gasteiger partial charge in [0.25, 0.3) is 0 Å². The van der Waals surface area contributed by atoms with E-state index >= 15 is 0 Å². The summed E-state index contributed by atoms with van der Waals surface area (Å²) in [5.41, 5.74) is 3.43. The van der Waals surface area contributed by atoms with E-state index in [0.717, 1.165) is 11.3 Å². The highest BCUT2D eigenvalue weighted by Crippen LogP contribution is 2.25. The number of carbonyl (C=O) groups is 1. The number of hydrogen-bond donors (Lipinski definition) is 2. The van der Waals surface area contributed by atoms with Gasteiger partial charge in [-0.15, -0.1) is 11.3 Å². The maximum absolute atomic E-state index is 10.9. The van der Waals surface area contributed by atoms with E-state index < -0.39 is 5.97 Å². The largest absolute Gasteiger partial charge is 0.476 e. The van der Waals surface area contributed by atoms with Crippen molar-refractivity contribution in [3.63, 3.8) is 0 Å². The van der Waals surface area contributed by atoms with Gasteiger partial charge in [-0.1, -0.05) is 12.1 Å². The molecule has 2 rings (SSSR count). The summed E-state index contributed by atoms with van der Waals surface area (Å²) in [6.45, 7) is 0.557. The maximum atomic E-state index is 10.9. The van der Waals surface area contributed by atoms with Crippen LogP contribution in [-0.4, -0.2) is 23.2 Å². The van der Waals surface area contributed by atoms with Gasteiger partial charge in [-0.25, -0.2) is 9.78 Å². The van der Waals surface area contributed by atoms with E-state index in [1.54, 1.807) is 7.11 Å². The van der Waals surface area contributed by atoms with Gasteiger partial charge < -0.3 is 15.2 Å². The third-order valence-electron chi connectivity index (χ3n) is 2.29. The molecule has 18 heavy (non-hydrogen) atoms. The SMILES string of the molecule is COCc1ccc(Nc2scnc2C(=O)O)cc1. The Morgan fingerprint density at radius 1 is 1.44 bits per heavy atom. The lowest BCUT2D eigenvalue weighted by atomic mass is 10.2. The highest BCUT2D eigenvalue weighted by atomic mass is 32.1. The molecule has 0 aliphatic carbocycles. The number of aromatic carboxylic acids is 1. The zero-order chi connectivity index (χ0) is 13.0. The van der Waals surface area contributed by atoms with Gasteiger partial charge in [-0.05, 0) is 17.7 Å². The molecule has 0 amide bonds. The van der Waals surface area contributed by atoms with Gasteiger partial charge >= 0.3 is 5.97 Å². The fourth-order valence-corrected chi connectivity index (χ4v) is 2.16. The fourth-order valence-electron chi connectivity index (χ4n) is 1.47. The molecular formula is C12H12N2O3S. The van der Waals surface area contributed by atoms with Crippen LogP contribution in [0, 0.1) is 0 Å². The Morgan fingerprint density at radius 2 is 2.17 bits per heavy atom. The summed E-state index contributed by atoms with van der Waals surface area (Å²) in [5.74, 6) is -1.03. The van der Waals surface area contributed by atoms with Crippen LogP contribution in [-0.2, 0) is 11.3 Å². The molecule has 0 saturated heterocycles. The Morgan fingerprint density at radius 3 is 2.78 bits per heavy atom. The predicted octanol–water partition coefficient (Wildman–Crippen LogP) is 2.73. The first kappa shape index (κ1) is 12.5. The van der Waals surface area contributed by atoms with Crippen LogP contribution in [0.25, 0.3) is 0 Å². The fraction of sp³-hybridized carbons (Fsp3) is 0.167. The lowest BCUT2D eigenvalue weighted by Crippen LogP contribution is -2.01. The molecule has 5 nitrogen and oxygen atoms in total. The molecule has 0 saturated carbocycles. The van der Waals surface area contributed by atoms with Crippen LogP contribution in [0.5, 0.6) is 0 Å². The molecule has 0 aliphatic heterocycles. The molecule has 0 aliphatic rings. The Balaban J connectivity index is 2.13. The van der Waals surface area contributed by atoms with E-state index in [2.05, 4.69) is 10.3 Å². The molecule has 6 heteroatoms. The van der Waals surface area contributed by atoms with E-state index in [-0.39, 0.29) is 5.69 Å². The van der Waals surface area contributed by atoms with E-state index in [9.17, 15) is 4.79 Å². The number of thiazole rings is 1. The average Bonchev–Trinajstić information content (AvgIpc) is 2.80. The van der Waals surface area contributed by atoms with Gasteiger partial charge in [0.15, 0.2) is 5.69 Å². The van der Waals surface area contributed by atoms with Crippen LogP contribution in [0.3, 0.4) is 0 Å². The minimum Gasteiger partial charge on any atom is -0.476 e. The van der Waals surface area contributed by atoms with Crippen molar-refractivity contribution in [3.05, 3.63) is 41.0 Å². The number of anilines is 2. The molecule has 0 bridgehead atoms. The van der Waals surface area contributed by atoms with Gasteiger partial charge in [0.2, 0.25) is 0 Å². The molecule has 0 fully saturated rings. The normalized spacial score (nSPS) is 10.3. The molecule has 1 heterocycles. The van der Waals surface area contributed by atoms with Gasteiger partial charge in [0.05, 0.1) is 12.1 Å². The van der Waals surface area contributed by atoms with E-state index in [4.69, 9.17) is 9.84 Å². The molecule has 1 aromatic carbocycles. The van der Waals surface area contributed by atoms with Crippen molar-refractivity contribution in [2.45, 2.75) is 6.61 Å². The van der Waals surface area contributed by atoms with Crippen molar-refractivity contribution in [2.75, 3.05) is 12.4 Å². The first-order valence-electron chi connectivity index (χ1n) is 5.22. The first-order chi connectivity index (χ1) is 8.70. The van der Waals surface area contributed by atoms with Crippen molar-refractivity contribution in [1.82, 2.24) is 4.98 Å². The number of hydrogen-bond acceptors (Lipinski definition) is 5. The number of nitrogens with zero attached hydrogens (tertiary/aromatic N) is 1. The predicted molar refractivity (Wildman–Crippen MR) is 69.5 cm³/mol. The Labute approximate surface area is 108 Å². The summed E-state index contributed by atoms with van der Waals surface area (Å²) < 4.78 is 5.02.